The number of aliphatic carboxylic acids is 1. The zero-order chi connectivity index (χ0) is 25.1. The first-order chi connectivity index (χ1) is 15.4. The van der Waals surface area contributed by atoms with Crippen molar-refractivity contribution in [3.63, 3.8) is 0 Å². The van der Waals surface area contributed by atoms with Crippen molar-refractivity contribution in [2.45, 2.75) is 50.4 Å². The zero-order valence-corrected chi connectivity index (χ0v) is 18.9. The first-order valence-corrected chi connectivity index (χ1v) is 10.6. The highest BCUT2D eigenvalue weighted by molar-refractivity contribution is 7.80. The molecule has 182 valence electrons. The second-order valence-electron chi connectivity index (χ2n) is 7.36. The Balaban J connectivity index is 3.08. The number of phenolic OH excluding ortho intramolecular Hbond substituents is 1. The third kappa shape index (κ3) is 9.78. The molecule has 4 amide bonds. The molecule has 0 saturated carbocycles. The van der Waals surface area contributed by atoms with E-state index in [-0.39, 0.29) is 30.8 Å². The molecule has 1 rings (SSSR count). The van der Waals surface area contributed by atoms with Gasteiger partial charge in [0.1, 0.15) is 23.9 Å². The van der Waals surface area contributed by atoms with E-state index in [2.05, 4.69) is 28.6 Å². The highest BCUT2D eigenvalue weighted by atomic mass is 32.1. The van der Waals surface area contributed by atoms with Crippen LogP contribution in [0, 0.1) is 0 Å². The summed E-state index contributed by atoms with van der Waals surface area (Å²) in [5, 5.41) is 25.6. The number of phenols is 1. The van der Waals surface area contributed by atoms with Gasteiger partial charge < -0.3 is 37.6 Å². The second-order valence-corrected chi connectivity index (χ2v) is 7.72. The van der Waals surface area contributed by atoms with E-state index >= 15 is 0 Å². The molecule has 1 aromatic carbocycles. The summed E-state index contributed by atoms with van der Waals surface area (Å²) in [5.74, 6) is -4.23. The number of thiol groups is 1. The number of amides is 4. The standard InChI is InChI=1S/C20H29N5O7S/c1-10(20(31)32)23-18(29)14(6-7-16(22)27)24-19(30)15(25-17(28)13(21)9-33)8-11-2-4-12(26)5-3-11/h2-5,10,13-15,26,33H,6-9,21H2,1H3,(H2,22,27)(H,23,29)(H,24,30)(H,25,28)(H,31,32). The molecule has 9 N–H and O–H groups in total. The lowest BCUT2D eigenvalue weighted by molar-refractivity contribution is -0.142. The second kappa shape index (κ2) is 13.3. The van der Waals surface area contributed by atoms with Gasteiger partial charge in [0.05, 0.1) is 6.04 Å². The summed E-state index contributed by atoms with van der Waals surface area (Å²) >= 11 is 3.96. The zero-order valence-electron chi connectivity index (χ0n) is 18.0. The number of nitrogens with two attached hydrogens (primary N) is 2. The lowest BCUT2D eigenvalue weighted by atomic mass is 10.0. The number of aromatic hydroxyl groups is 1. The topological polar surface area (TPSA) is 214 Å². The molecule has 1 aromatic rings. The minimum absolute atomic E-state index is 0.00711. The summed E-state index contributed by atoms with van der Waals surface area (Å²) in [6, 6.07) is 1.21. The van der Waals surface area contributed by atoms with Crippen molar-refractivity contribution in [2.75, 3.05) is 5.75 Å². The van der Waals surface area contributed by atoms with E-state index in [0.29, 0.717) is 5.56 Å². The number of carbonyl (C=O) groups is 5. The molecular weight excluding hydrogens is 454 g/mol. The average molecular weight is 484 g/mol. The molecule has 0 aromatic heterocycles. The number of primary amides is 1. The van der Waals surface area contributed by atoms with Crippen molar-refractivity contribution in [3.8, 4) is 5.75 Å². The molecule has 0 aliphatic rings. The molecule has 0 fully saturated rings. The van der Waals surface area contributed by atoms with Gasteiger partial charge in [0, 0.05) is 18.6 Å². The summed E-state index contributed by atoms with van der Waals surface area (Å²) < 4.78 is 0. The minimum atomic E-state index is -1.29. The van der Waals surface area contributed by atoms with Crippen LogP contribution in [-0.4, -0.2) is 69.7 Å². The fourth-order valence-electron chi connectivity index (χ4n) is 2.64. The van der Waals surface area contributed by atoms with Crippen molar-refractivity contribution in [3.05, 3.63) is 29.8 Å². The maximum atomic E-state index is 13.0. The molecule has 0 bridgehead atoms. The van der Waals surface area contributed by atoms with Crippen LogP contribution in [0.15, 0.2) is 24.3 Å². The minimum Gasteiger partial charge on any atom is -0.508 e. The van der Waals surface area contributed by atoms with Crippen molar-refractivity contribution < 1.29 is 34.2 Å². The predicted octanol–water partition coefficient (Wildman–Crippen LogP) is -1.98. The molecule has 0 spiro atoms. The highest BCUT2D eigenvalue weighted by Crippen LogP contribution is 2.12. The molecule has 13 heteroatoms. The Morgan fingerprint density at radius 3 is 2.03 bits per heavy atom. The van der Waals surface area contributed by atoms with Gasteiger partial charge in [-0.1, -0.05) is 12.1 Å². The summed E-state index contributed by atoms with van der Waals surface area (Å²) in [4.78, 5) is 60.0. The van der Waals surface area contributed by atoms with Crippen molar-refractivity contribution in [1.29, 1.82) is 0 Å². The first-order valence-electron chi connectivity index (χ1n) is 10.0. The van der Waals surface area contributed by atoms with E-state index in [1.54, 1.807) is 12.1 Å². The maximum Gasteiger partial charge on any atom is 0.325 e. The van der Waals surface area contributed by atoms with E-state index < -0.39 is 53.8 Å². The van der Waals surface area contributed by atoms with Crippen LogP contribution in [0.2, 0.25) is 0 Å². The molecule has 33 heavy (non-hydrogen) atoms. The lowest BCUT2D eigenvalue weighted by Crippen LogP contribution is -2.57. The van der Waals surface area contributed by atoms with Crippen LogP contribution in [0.5, 0.6) is 5.75 Å². The number of carboxylic acid groups (broad SMARTS) is 1. The fourth-order valence-corrected chi connectivity index (χ4v) is 2.81. The van der Waals surface area contributed by atoms with Gasteiger partial charge in [-0.25, -0.2) is 0 Å². The van der Waals surface area contributed by atoms with Crippen LogP contribution in [0.1, 0.15) is 25.3 Å². The van der Waals surface area contributed by atoms with E-state index in [9.17, 15) is 29.1 Å². The monoisotopic (exact) mass is 483 g/mol. The van der Waals surface area contributed by atoms with E-state index in [1.807, 2.05) is 0 Å². The number of rotatable bonds is 13. The van der Waals surface area contributed by atoms with E-state index in [0.717, 1.165) is 0 Å². The molecule has 0 radical (unpaired) electrons. The van der Waals surface area contributed by atoms with Crippen LogP contribution in [-0.2, 0) is 30.4 Å². The van der Waals surface area contributed by atoms with Gasteiger partial charge >= 0.3 is 5.97 Å². The Morgan fingerprint density at radius 1 is 0.970 bits per heavy atom. The Bertz CT molecular complexity index is 865. The normalized spacial score (nSPS) is 14.3. The molecule has 12 nitrogen and oxygen atoms in total. The van der Waals surface area contributed by atoms with Gasteiger partial charge in [-0.3, -0.25) is 24.0 Å². The van der Waals surface area contributed by atoms with Crippen LogP contribution >= 0.6 is 12.6 Å². The Kier molecular flexibility index (Phi) is 11.2. The van der Waals surface area contributed by atoms with Gasteiger partial charge in [0.2, 0.25) is 23.6 Å². The fraction of sp³-hybridized carbons (Fsp3) is 0.450. The molecule has 0 aliphatic heterocycles. The van der Waals surface area contributed by atoms with Gasteiger partial charge in [-0.2, -0.15) is 12.6 Å². The molecule has 0 heterocycles. The van der Waals surface area contributed by atoms with Gasteiger partial charge in [-0.15, -0.1) is 0 Å². The third-order valence-electron chi connectivity index (χ3n) is 4.58. The number of hydrogen-bond acceptors (Lipinski definition) is 8. The largest absolute Gasteiger partial charge is 0.508 e. The van der Waals surface area contributed by atoms with Crippen LogP contribution in [0.3, 0.4) is 0 Å². The molecule has 0 aliphatic carbocycles. The summed E-state index contributed by atoms with van der Waals surface area (Å²) in [6.07, 6.45) is -0.443. The number of nitrogens with one attached hydrogen (secondary N) is 3. The van der Waals surface area contributed by atoms with Crippen LogP contribution in [0.4, 0.5) is 0 Å². The summed E-state index contributed by atoms with van der Waals surface area (Å²) in [5.41, 5.74) is 11.4. The maximum absolute atomic E-state index is 13.0. The molecule has 4 unspecified atom stereocenters. The van der Waals surface area contributed by atoms with Crippen LogP contribution < -0.4 is 27.4 Å². The van der Waals surface area contributed by atoms with E-state index in [1.165, 1.54) is 19.1 Å². The smallest absolute Gasteiger partial charge is 0.325 e. The van der Waals surface area contributed by atoms with E-state index in [4.69, 9.17) is 16.6 Å². The first kappa shape index (κ1) is 27.7. The molecular formula is C20H29N5O7S. The number of carboxylic acids is 1. The quantitative estimate of drug-likeness (QED) is 0.147. The van der Waals surface area contributed by atoms with Crippen molar-refractivity contribution in [2.24, 2.45) is 11.5 Å². The molecule has 4 atom stereocenters. The Hall–Kier alpha value is -3.32. The summed E-state index contributed by atoms with van der Waals surface area (Å²) in [6.45, 7) is 1.24. The number of hydrogen-bond donors (Lipinski definition) is 8. The Morgan fingerprint density at radius 2 is 1.52 bits per heavy atom. The molecule has 0 saturated heterocycles. The third-order valence-corrected chi connectivity index (χ3v) is 4.98. The Labute approximate surface area is 195 Å². The SMILES string of the molecule is CC(NC(=O)C(CCC(N)=O)NC(=O)C(Cc1ccc(O)cc1)NC(=O)C(N)CS)C(=O)O. The van der Waals surface area contributed by atoms with Gasteiger partial charge in [0.25, 0.3) is 0 Å². The van der Waals surface area contributed by atoms with Crippen LogP contribution in [0.25, 0.3) is 0 Å². The number of carbonyl (C=O) groups excluding carboxylic acids is 4. The predicted molar refractivity (Wildman–Crippen MR) is 121 cm³/mol. The van der Waals surface area contributed by atoms with Crippen molar-refractivity contribution in [1.82, 2.24) is 16.0 Å². The highest BCUT2D eigenvalue weighted by Gasteiger charge is 2.29. The number of benzene rings is 1. The van der Waals surface area contributed by atoms with Gasteiger partial charge in [0.15, 0.2) is 0 Å². The van der Waals surface area contributed by atoms with Gasteiger partial charge in [-0.05, 0) is 31.0 Å². The summed E-state index contributed by atoms with van der Waals surface area (Å²) in [7, 11) is 0. The average Bonchev–Trinajstić information content (AvgIpc) is 2.76. The van der Waals surface area contributed by atoms with Crippen molar-refractivity contribution >= 4 is 42.2 Å². The lowest BCUT2D eigenvalue weighted by Gasteiger charge is -2.24.